The molecule has 0 amide bonds. The Balaban J connectivity index is 1.47. The van der Waals surface area contributed by atoms with Crippen LogP contribution in [0.5, 0.6) is 11.5 Å². The van der Waals surface area contributed by atoms with Crippen molar-refractivity contribution in [1.82, 2.24) is 4.90 Å². The molecule has 2 N–H and O–H groups in total. The largest absolute Gasteiger partial charge is 0.504 e. The number of methoxy groups -OCH3 is 1. The Morgan fingerprint density at radius 2 is 1.91 bits per heavy atom. The molecule has 5 heteroatoms. The van der Waals surface area contributed by atoms with E-state index in [1.54, 1.807) is 0 Å². The molecule has 1 aromatic carbocycles. The van der Waals surface area contributed by atoms with Gasteiger partial charge >= 0.3 is 0 Å². The smallest absolute Gasteiger partial charge is 0.165 e. The van der Waals surface area contributed by atoms with Gasteiger partial charge in [-0.3, -0.25) is 4.90 Å². The highest BCUT2D eigenvalue weighted by molar-refractivity contribution is 5.63. The lowest BCUT2D eigenvalue weighted by atomic mass is 9.33. The first kappa shape index (κ1) is 21.9. The molecule has 1 saturated heterocycles. The molecule has 5 aliphatic carbocycles. The molecule has 3 unspecified atom stereocenters. The van der Waals surface area contributed by atoms with E-state index >= 15 is 0 Å². The van der Waals surface area contributed by atoms with Gasteiger partial charge in [0.1, 0.15) is 11.7 Å². The fourth-order valence-electron chi connectivity index (χ4n) is 9.58. The highest BCUT2D eigenvalue weighted by Gasteiger charge is 2.82. The minimum Gasteiger partial charge on any atom is -0.504 e. The standard InChI is InChI=1S/C29H41NO4/c1-25(2,3)26(4,32)20-15-27-10-11-29(20,33-5)24-28(27)12-13-30(16-17-6-7-17)21(27)14-18-8-9-19(31)23(34-24)22(18)28/h8-9,17,20-21,24,31-32H,6-7,10-16H2,1-5H3/t20?,21-,24-,26?,27?,28+,29-/m1/s1. The zero-order valence-corrected chi connectivity index (χ0v) is 21.5. The topological polar surface area (TPSA) is 62.2 Å². The van der Waals surface area contributed by atoms with Gasteiger partial charge in [-0.05, 0) is 81.4 Å². The van der Waals surface area contributed by atoms with Crippen LogP contribution in [0.1, 0.15) is 77.3 Å². The fraction of sp³-hybridized carbons (Fsp3) is 0.793. The van der Waals surface area contributed by atoms with Crippen molar-refractivity contribution >= 4 is 0 Å². The molecule has 4 saturated carbocycles. The van der Waals surface area contributed by atoms with E-state index in [2.05, 4.69) is 31.7 Å². The minimum absolute atomic E-state index is 0.0294. The molecule has 2 spiro atoms. The lowest BCUT2D eigenvalue weighted by Gasteiger charge is -2.75. The summed E-state index contributed by atoms with van der Waals surface area (Å²) in [5.41, 5.74) is 0.783. The summed E-state index contributed by atoms with van der Waals surface area (Å²) in [6.45, 7) is 10.8. The molecule has 34 heavy (non-hydrogen) atoms. The van der Waals surface area contributed by atoms with E-state index in [1.165, 1.54) is 30.5 Å². The van der Waals surface area contributed by atoms with Gasteiger partial charge in [-0.25, -0.2) is 0 Å². The van der Waals surface area contributed by atoms with Crippen molar-refractivity contribution in [3.63, 3.8) is 0 Å². The van der Waals surface area contributed by atoms with Gasteiger partial charge in [0.15, 0.2) is 11.5 Å². The van der Waals surface area contributed by atoms with Crippen LogP contribution in [0.2, 0.25) is 0 Å². The van der Waals surface area contributed by atoms with Gasteiger partial charge in [0.25, 0.3) is 0 Å². The summed E-state index contributed by atoms with van der Waals surface area (Å²) in [6, 6.07) is 4.46. The Kier molecular flexibility index (Phi) is 4.08. The Morgan fingerprint density at radius 3 is 2.59 bits per heavy atom. The van der Waals surface area contributed by atoms with Crippen LogP contribution in [-0.2, 0) is 16.6 Å². The SMILES string of the molecule is CO[C@]12CCC3(CC1C(C)(O)C(C)(C)C)[C@H]1Cc4ccc(O)c5c4[C@@]3(CCN1CC1CC1)[C@H]2O5. The van der Waals surface area contributed by atoms with Crippen LogP contribution in [0, 0.1) is 22.7 Å². The summed E-state index contributed by atoms with van der Waals surface area (Å²) in [7, 11) is 1.83. The van der Waals surface area contributed by atoms with E-state index in [-0.39, 0.29) is 34.0 Å². The second kappa shape index (κ2) is 6.33. The number of hydrogen-bond acceptors (Lipinski definition) is 5. The molecule has 5 fully saturated rings. The molecule has 8 rings (SSSR count). The first-order chi connectivity index (χ1) is 16.0. The van der Waals surface area contributed by atoms with E-state index in [0.717, 1.165) is 44.6 Å². The van der Waals surface area contributed by atoms with E-state index in [4.69, 9.17) is 9.47 Å². The number of piperidine rings is 1. The number of rotatable bonds is 4. The molecule has 1 aromatic rings. The molecular formula is C29H41NO4. The van der Waals surface area contributed by atoms with Gasteiger partial charge in [-0.15, -0.1) is 0 Å². The summed E-state index contributed by atoms with van der Waals surface area (Å²) in [4.78, 5) is 2.82. The maximum Gasteiger partial charge on any atom is 0.165 e. The van der Waals surface area contributed by atoms with Crippen LogP contribution in [0.3, 0.4) is 0 Å². The van der Waals surface area contributed by atoms with Crippen molar-refractivity contribution < 1.29 is 19.7 Å². The number of phenolic OH excluding ortho intramolecular Hbond substituents is 1. The van der Waals surface area contributed by atoms with Gasteiger partial charge in [0, 0.05) is 42.0 Å². The number of hydrogen-bond donors (Lipinski definition) is 2. The van der Waals surface area contributed by atoms with E-state index in [9.17, 15) is 10.2 Å². The predicted octanol–water partition coefficient (Wildman–Crippen LogP) is 4.41. The second-order valence-corrected chi connectivity index (χ2v) is 13.8. The average molecular weight is 468 g/mol. The molecular weight excluding hydrogens is 426 g/mol. The zero-order chi connectivity index (χ0) is 23.9. The zero-order valence-electron chi connectivity index (χ0n) is 21.5. The van der Waals surface area contributed by atoms with Crippen molar-refractivity contribution in [2.75, 3.05) is 20.2 Å². The number of phenols is 1. The van der Waals surface area contributed by atoms with Gasteiger partial charge in [0.2, 0.25) is 0 Å². The Labute approximate surface area is 203 Å². The summed E-state index contributed by atoms with van der Waals surface area (Å²) in [6.07, 6.45) is 7.64. The van der Waals surface area contributed by atoms with Crippen molar-refractivity contribution in [2.45, 2.75) is 101 Å². The van der Waals surface area contributed by atoms with Crippen molar-refractivity contribution in [3.8, 4) is 11.5 Å². The second-order valence-electron chi connectivity index (χ2n) is 13.8. The van der Waals surface area contributed by atoms with Gasteiger partial charge in [0.05, 0.1) is 5.60 Å². The van der Waals surface area contributed by atoms with E-state index in [0.29, 0.717) is 11.8 Å². The van der Waals surface area contributed by atoms with Gasteiger partial charge in [-0.1, -0.05) is 26.8 Å². The first-order valence-corrected chi connectivity index (χ1v) is 13.6. The molecule has 0 radical (unpaired) electrons. The Morgan fingerprint density at radius 1 is 1.15 bits per heavy atom. The summed E-state index contributed by atoms with van der Waals surface area (Å²) >= 11 is 0. The number of aromatic hydroxyl groups is 1. The van der Waals surface area contributed by atoms with E-state index < -0.39 is 11.2 Å². The van der Waals surface area contributed by atoms with Crippen molar-refractivity contribution in [3.05, 3.63) is 23.3 Å². The highest BCUT2D eigenvalue weighted by atomic mass is 16.6. The third-order valence-electron chi connectivity index (χ3n) is 11.9. The van der Waals surface area contributed by atoms with Crippen LogP contribution in [0.4, 0.5) is 0 Å². The highest BCUT2D eigenvalue weighted by Crippen LogP contribution is 2.78. The summed E-state index contributed by atoms with van der Waals surface area (Å²) in [5, 5.41) is 23.2. The number of fused-ring (bicyclic) bond motifs is 2. The normalized spacial score (nSPS) is 43.9. The van der Waals surface area contributed by atoms with Crippen molar-refractivity contribution in [1.29, 1.82) is 0 Å². The Hall–Kier alpha value is -1.30. The van der Waals surface area contributed by atoms with Crippen LogP contribution < -0.4 is 4.74 Å². The number of aliphatic hydroxyl groups is 1. The van der Waals surface area contributed by atoms with Gasteiger partial charge < -0.3 is 19.7 Å². The number of likely N-dealkylation sites (tertiary alicyclic amines) is 1. The lowest BCUT2D eigenvalue weighted by Crippen LogP contribution is -2.83. The van der Waals surface area contributed by atoms with Crippen LogP contribution in [0.25, 0.3) is 0 Å². The first-order valence-electron chi connectivity index (χ1n) is 13.6. The van der Waals surface area contributed by atoms with Gasteiger partial charge in [-0.2, -0.15) is 0 Å². The van der Waals surface area contributed by atoms with Crippen LogP contribution >= 0.6 is 0 Å². The third kappa shape index (κ3) is 2.25. The maximum atomic E-state index is 12.2. The average Bonchev–Trinajstić information content (AvgIpc) is 3.53. The fourth-order valence-corrected chi connectivity index (χ4v) is 9.58. The molecule has 186 valence electrons. The quantitative estimate of drug-likeness (QED) is 0.687. The monoisotopic (exact) mass is 467 g/mol. The number of nitrogens with zero attached hydrogens (tertiary/aromatic N) is 1. The predicted molar refractivity (Wildman–Crippen MR) is 130 cm³/mol. The van der Waals surface area contributed by atoms with E-state index in [1.807, 2.05) is 20.1 Å². The number of ether oxygens (including phenoxy) is 2. The summed E-state index contributed by atoms with van der Waals surface area (Å²) in [5.74, 6) is 1.80. The van der Waals surface area contributed by atoms with Crippen LogP contribution in [-0.4, -0.2) is 58.7 Å². The Bertz CT molecular complexity index is 1060. The van der Waals surface area contributed by atoms with Crippen LogP contribution in [0.15, 0.2) is 12.1 Å². The van der Waals surface area contributed by atoms with Crippen molar-refractivity contribution in [2.24, 2.45) is 22.7 Å². The maximum absolute atomic E-state index is 12.2. The molecule has 2 heterocycles. The molecule has 5 nitrogen and oxygen atoms in total. The number of benzene rings is 1. The molecule has 2 aliphatic heterocycles. The molecule has 7 aliphatic rings. The lowest BCUT2D eigenvalue weighted by molar-refractivity contribution is -0.312. The minimum atomic E-state index is -0.909. The molecule has 7 atom stereocenters. The summed E-state index contributed by atoms with van der Waals surface area (Å²) < 4.78 is 13.5. The molecule has 0 aromatic heterocycles. The molecule has 4 bridgehead atoms. The third-order valence-corrected chi connectivity index (χ3v) is 11.9.